The molecule has 0 unspecified atom stereocenters. The fraction of sp³-hybridized carbons (Fsp3) is 0.632. The van der Waals surface area contributed by atoms with Crippen LogP contribution in [0.5, 0.6) is 0 Å². The van der Waals surface area contributed by atoms with Gasteiger partial charge in [0.05, 0.1) is 6.10 Å². The Morgan fingerprint density at radius 2 is 2.04 bits per heavy atom. The summed E-state index contributed by atoms with van der Waals surface area (Å²) in [7, 11) is 0. The zero-order chi connectivity index (χ0) is 17.1. The van der Waals surface area contributed by atoms with Crippen LogP contribution in [0.4, 0.5) is 4.39 Å². The fourth-order valence-corrected chi connectivity index (χ4v) is 4.04. The molecule has 1 N–H and O–H groups in total. The molecule has 0 aromatic heterocycles. The van der Waals surface area contributed by atoms with Crippen LogP contribution in [-0.2, 0) is 11.2 Å². The molecule has 1 aliphatic carbocycles. The molecule has 2 fully saturated rings. The zero-order valence-electron chi connectivity index (χ0n) is 14.3. The first-order valence-electron chi connectivity index (χ1n) is 9.00. The second-order valence-electron chi connectivity index (χ2n) is 7.16. The number of halogens is 1. The van der Waals surface area contributed by atoms with Gasteiger partial charge in [-0.1, -0.05) is 19.1 Å². The molecule has 4 nitrogen and oxygen atoms in total. The Labute approximate surface area is 143 Å². The lowest BCUT2D eigenvalue weighted by atomic mass is 9.99. The highest BCUT2D eigenvalue weighted by molar-refractivity contribution is 5.79. The molecular weight excluding hydrogens is 307 g/mol. The first-order valence-corrected chi connectivity index (χ1v) is 9.00. The van der Waals surface area contributed by atoms with Crippen molar-refractivity contribution < 1.29 is 14.3 Å². The molecule has 1 aromatic rings. The van der Waals surface area contributed by atoms with E-state index in [1.54, 1.807) is 6.07 Å². The maximum atomic E-state index is 13.3. The minimum absolute atomic E-state index is 0.143. The SMILES string of the molecule is C[C@H](Cc1cccc(F)c1)C(=O)N1CCN([C@@H]2CCC[C@H]2O)CC1. The quantitative estimate of drug-likeness (QED) is 0.917. The highest BCUT2D eigenvalue weighted by atomic mass is 19.1. The Kier molecular flexibility index (Phi) is 5.51. The van der Waals surface area contributed by atoms with Crippen LogP contribution in [0.3, 0.4) is 0 Å². The molecular formula is C19H27FN2O2. The maximum absolute atomic E-state index is 13.3. The molecule has 1 saturated heterocycles. The molecule has 1 aromatic carbocycles. The lowest BCUT2D eigenvalue weighted by molar-refractivity contribution is -0.137. The molecule has 0 radical (unpaired) electrons. The van der Waals surface area contributed by atoms with E-state index in [1.165, 1.54) is 12.1 Å². The minimum Gasteiger partial charge on any atom is -0.391 e. The predicted octanol–water partition coefficient (Wildman–Crippen LogP) is 2.06. The van der Waals surface area contributed by atoms with Gasteiger partial charge in [-0.3, -0.25) is 9.69 Å². The van der Waals surface area contributed by atoms with Crippen molar-refractivity contribution in [3.05, 3.63) is 35.6 Å². The number of carbonyl (C=O) groups excluding carboxylic acids is 1. The van der Waals surface area contributed by atoms with Gasteiger partial charge in [0.25, 0.3) is 0 Å². The topological polar surface area (TPSA) is 43.8 Å². The molecule has 0 spiro atoms. The van der Waals surface area contributed by atoms with Crippen molar-refractivity contribution >= 4 is 5.91 Å². The molecule has 2 aliphatic rings. The minimum atomic E-state index is -0.254. The second kappa shape index (κ2) is 7.62. The Hall–Kier alpha value is -1.46. The Balaban J connectivity index is 1.51. The zero-order valence-corrected chi connectivity index (χ0v) is 14.3. The monoisotopic (exact) mass is 334 g/mol. The van der Waals surface area contributed by atoms with E-state index in [-0.39, 0.29) is 29.8 Å². The molecule has 1 amide bonds. The van der Waals surface area contributed by atoms with Gasteiger partial charge in [-0.25, -0.2) is 4.39 Å². The summed E-state index contributed by atoms with van der Waals surface area (Å²) >= 11 is 0. The van der Waals surface area contributed by atoms with Crippen LogP contribution >= 0.6 is 0 Å². The molecule has 5 heteroatoms. The van der Waals surface area contributed by atoms with Gasteiger partial charge in [-0.05, 0) is 43.4 Å². The summed E-state index contributed by atoms with van der Waals surface area (Å²) in [4.78, 5) is 16.9. The lowest BCUT2D eigenvalue weighted by Gasteiger charge is -2.39. The van der Waals surface area contributed by atoms with E-state index >= 15 is 0 Å². The second-order valence-corrected chi connectivity index (χ2v) is 7.16. The number of aliphatic hydroxyl groups excluding tert-OH is 1. The van der Waals surface area contributed by atoms with E-state index in [0.29, 0.717) is 6.42 Å². The fourth-order valence-electron chi connectivity index (χ4n) is 4.04. The van der Waals surface area contributed by atoms with Crippen molar-refractivity contribution in [3.8, 4) is 0 Å². The number of rotatable bonds is 4. The van der Waals surface area contributed by atoms with Crippen LogP contribution in [0, 0.1) is 11.7 Å². The van der Waals surface area contributed by atoms with Crippen molar-refractivity contribution in [2.45, 2.75) is 44.8 Å². The van der Waals surface area contributed by atoms with E-state index in [0.717, 1.165) is 51.0 Å². The average Bonchev–Trinajstić information content (AvgIpc) is 3.00. The van der Waals surface area contributed by atoms with Crippen molar-refractivity contribution in [2.24, 2.45) is 5.92 Å². The highest BCUT2D eigenvalue weighted by Gasteiger charge is 2.33. The third-order valence-electron chi connectivity index (χ3n) is 5.39. The van der Waals surface area contributed by atoms with E-state index < -0.39 is 0 Å². The third kappa shape index (κ3) is 3.95. The molecule has 1 heterocycles. The highest BCUT2D eigenvalue weighted by Crippen LogP contribution is 2.25. The predicted molar refractivity (Wildman–Crippen MR) is 91.1 cm³/mol. The van der Waals surface area contributed by atoms with E-state index in [9.17, 15) is 14.3 Å². The van der Waals surface area contributed by atoms with Gasteiger partial charge in [-0.15, -0.1) is 0 Å². The third-order valence-corrected chi connectivity index (χ3v) is 5.39. The number of hydrogen-bond donors (Lipinski definition) is 1. The largest absolute Gasteiger partial charge is 0.391 e. The van der Waals surface area contributed by atoms with Crippen LogP contribution in [0.2, 0.25) is 0 Å². The van der Waals surface area contributed by atoms with Crippen LogP contribution in [0.25, 0.3) is 0 Å². The average molecular weight is 334 g/mol. The summed E-state index contributed by atoms with van der Waals surface area (Å²) in [5.41, 5.74) is 0.864. The molecule has 3 rings (SSSR count). The number of carbonyl (C=O) groups is 1. The molecule has 3 atom stereocenters. The lowest BCUT2D eigenvalue weighted by Crippen LogP contribution is -2.54. The number of aliphatic hydroxyl groups is 1. The van der Waals surface area contributed by atoms with Crippen LogP contribution in [-0.4, -0.2) is 59.1 Å². The van der Waals surface area contributed by atoms with Gasteiger partial charge < -0.3 is 10.0 Å². The Bertz CT molecular complexity index is 572. The summed E-state index contributed by atoms with van der Waals surface area (Å²) < 4.78 is 13.3. The number of piperazine rings is 1. The summed E-state index contributed by atoms with van der Waals surface area (Å²) in [6.07, 6.45) is 3.41. The molecule has 1 saturated carbocycles. The normalized spacial score (nSPS) is 26.5. The van der Waals surface area contributed by atoms with E-state index in [2.05, 4.69) is 4.90 Å². The Morgan fingerprint density at radius 3 is 2.67 bits per heavy atom. The van der Waals surface area contributed by atoms with Gasteiger partial charge in [0.1, 0.15) is 5.82 Å². The van der Waals surface area contributed by atoms with Gasteiger partial charge in [0.2, 0.25) is 5.91 Å². The number of benzene rings is 1. The standard InChI is InChI=1S/C19H27FN2O2/c1-14(12-15-4-2-5-16(20)13-15)19(24)22-10-8-21(9-11-22)17-6-3-7-18(17)23/h2,4-5,13-14,17-18,23H,3,6-12H2,1H3/t14-,17-,18-/m1/s1. The van der Waals surface area contributed by atoms with Gasteiger partial charge in [-0.2, -0.15) is 0 Å². The number of hydrogen-bond acceptors (Lipinski definition) is 3. The van der Waals surface area contributed by atoms with Crippen LogP contribution < -0.4 is 0 Å². The van der Waals surface area contributed by atoms with E-state index in [1.807, 2.05) is 17.9 Å². The number of amides is 1. The number of nitrogens with zero attached hydrogens (tertiary/aromatic N) is 2. The van der Waals surface area contributed by atoms with Crippen molar-refractivity contribution in [1.82, 2.24) is 9.80 Å². The van der Waals surface area contributed by atoms with Crippen molar-refractivity contribution in [1.29, 1.82) is 0 Å². The Morgan fingerprint density at radius 1 is 1.29 bits per heavy atom. The first-order chi connectivity index (χ1) is 11.5. The summed E-state index contributed by atoms with van der Waals surface area (Å²) in [6.45, 7) is 5.02. The summed E-state index contributed by atoms with van der Waals surface area (Å²) in [5, 5.41) is 10.0. The van der Waals surface area contributed by atoms with Crippen molar-refractivity contribution in [3.63, 3.8) is 0 Å². The van der Waals surface area contributed by atoms with Crippen LogP contribution in [0.1, 0.15) is 31.7 Å². The van der Waals surface area contributed by atoms with Crippen LogP contribution in [0.15, 0.2) is 24.3 Å². The van der Waals surface area contributed by atoms with Gasteiger partial charge in [0, 0.05) is 38.1 Å². The van der Waals surface area contributed by atoms with E-state index in [4.69, 9.17) is 0 Å². The summed E-state index contributed by atoms with van der Waals surface area (Å²) in [5.74, 6) is -0.253. The molecule has 0 bridgehead atoms. The van der Waals surface area contributed by atoms with Crippen molar-refractivity contribution in [2.75, 3.05) is 26.2 Å². The van der Waals surface area contributed by atoms with Gasteiger partial charge >= 0.3 is 0 Å². The first kappa shape index (κ1) is 17.4. The smallest absolute Gasteiger partial charge is 0.225 e. The van der Waals surface area contributed by atoms with Gasteiger partial charge in [0.15, 0.2) is 0 Å². The molecule has 1 aliphatic heterocycles. The summed E-state index contributed by atoms with van der Waals surface area (Å²) in [6, 6.07) is 6.75. The molecule has 24 heavy (non-hydrogen) atoms. The molecule has 132 valence electrons. The maximum Gasteiger partial charge on any atom is 0.225 e.